The fourth-order valence-corrected chi connectivity index (χ4v) is 1.14. The van der Waals surface area contributed by atoms with Gasteiger partial charge in [-0.25, -0.2) is 0 Å². The zero-order valence-electron chi connectivity index (χ0n) is 9.81. The van der Waals surface area contributed by atoms with Gasteiger partial charge in [0, 0.05) is 0 Å². The van der Waals surface area contributed by atoms with E-state index in [2.05, 4.69) is 57.2 Å². The van der Waals surface area contributed by atoms with Crippen LogP contribution >= 0.6 is 0 Å². The maximum Gasteiger partial charge on any atom is 0.395 e. The van der Waals surface area contributed by atoms with Gasteiger partial charge >= 0.3 is 7.12 Å². The molecule has 4 heteroatoms. The molecule has 0 saturated heterocycles. The second kappa shape index (κ2) is 6.41. The number of hydrogen-bond acceptors (Lipinski definition) is 3. The smallest absolute Gasteiger partial charge is 0.325 e. The molecule has 0 heterocycles. The summed E-state index contributed by atoms with van der Waals surface area (Å²) in [5.74, 6) is 0. The largest absolute Gasteiger partial charge is 0.395 e. The molecule has 0 amide bonds. The van der Waals surface area contributed by atoms with Gasteiger partial charge in [0.1, 0.15) is 0 Å². The van der Waals surface area contributed by atoms with Gasteiger partial charge in [0.05, 0.1) is 0 Å². The highest BCUT2D eigenvalue weighted by Crippen LogP contribution is 1.84. The van der Waals surface area contributed by atoms with Gasteiger partial charge in [0.15, 0.2) is 0 Å². The molecule has 0 atom stereocenters. The van der Waals surface area contributed by atoms with E-state index >= 15 is 0 Å². The van der Waals surface area contributed by atoms with Crippen molar-refractivity contribution in [2.24, 2.45) is 0 Å². The number of hydrogen-bond donors (Lipinski definition) is 3. The van der Waals surface area contributed by atoms with Crippen molar-refractivity contribution in [2.75, 3.05) is 0 Å². The topological polar surface area (TPSA) is 36.1 Å². The monoisotopic (exact) mass is 185 g/mol. The highest BCUT2D eigenvalue weighted by atomic mass is 15.1. The van der Waals surface area contributed by atoms with E-state index in [1.165, 1.54) is 0 Å². The molecule has 0 aliphatic heterocycles. The molecule has 3 nitrogen and oxygen atoms in total. The zero-order chi connectivity index (χ0) is 10.4. The van der Waals surface area contributed by atoms with Crippen LogP contribution in [-0.4, -0.2) is 25.2 Å². The molecule has 0 aromatic heterocycles. The average Bonchev–Trinajstić information content (AvgIpc) is 1.80. The number of nitrogens with one attached hydrogen (secondary N) is 3. The summed E-state index contributed by atoms with van der Waals surface area (Å²) in [6, 6.07) is 1.47. The van der Waals surface area contributed by atoms with Crippen LogP contribution in [0.25, 0.3) is 0 Å². The summed E-state index contributed by atoms with van der Waals surface area (Å²) in [7, 11) is 0.208. The minimum absolute atomic E-state index is 0.208. The van der Waals surface area contributed by atoms with Gasteiger partial charge in [0.2, 0.25) is 0 Å². The van der Waals surface area contributed by atoms with Gasteiger partial charge in [-0.2, -0.15) is 0 Å². The van der Waals surface area contributed by atoms with Crippen molar-refractivity contribution >= 4 is 7.12 Å². The first-order valence-corrected chi connectivity index (χ1v) is 5.20. The Labute approximate surface area is 83.2 Å². The van der Waals surface area contributed by atoms with Crippen LogP contribution in [-0.2, 0) is 0 Å². The van der Waals surface area contributed by atoms with Crippen LogP contribution in [0.4, 0.5) is 0 Å². The van der Waals surface area contributed by atoms with Crippen LogP contribution in [0.5, 0.6) is 0 Å². The third kappa shape index (κ3) is 8.28. The molecule has 0 aromatic rings. The van der Waals surface area contributed by atoms with E-state index in [9.17, 15) is 0 Å². The van der Waals surface area contributed by atoms with Crippen LogP contribution in [0.2, 0.25) is 0 Å². The molecule has 78 valence electrons. The Hall–Kier alpha value is -0.0551. The van der Waals surface area contributed by atoms with Crippen molar-refractivity contribution in [3.05, 3.63) is 0 Å². The second-order valence-corrected chi connectivity index (χ2v) is 4.40. The summed E-state index contributed by atoms with van der Waals surface area (Å²) in [5, 5.41) is 10.3. The lowest BCUT2D eigenvalue weighted by atomic mass is 9.89. The van der Waals surface area contributed by atoms with Crippen LogP contribution in [0.3, 0.4) is 0 Å². The lowest BCUT2D eigenvalue weighted by Crippen LogP contribution is -2.63. The van der Waals surface area contributed by atoms with Crippen LogP contribution in [0.1, 0.15) is 41.5 Å². The molecule has 0 bridgehead atoms. The van der Waals surface area contributed by atoms with Gasteiger partial charge in [-0.05, 0) is 18.1 Å². The second-order valence-electron chi connectivity index (χ2n) is 4.40. The zero-order valence-corrected chi connectivity index (χ0v) is 9.81. The van der Waals surface area contributed by atoms with E-state index in [0.29, 0.717) is 18.1 Å². The summed E-state index contributed by atoms with van der Waals surface area (Å²) >= 11 is 0. The van der Waals surface area contributed by atoms with Gasteiger partial charge < -0.3 is 15.7 Å². The molecule has 0 aromatic carbocycles. The quantitative estimate of drug-likeness (QED) is 0.539. The van der Waals surface area contributed by atoms with E-state index in [1.54, 1.807) is 0 Å². The van der Waals surface area contributed by atoms with Crippen LogP contribution < -0.4 is 15.7 Å². The van der Waals surface area contributed by atoms with Crippen LogP contribution in [0, 0.1) is 0 Å². The van der Waals surface area contributed by atoms with E-state index < -0.39 is 0 Å². The van der Waals surface area contributed by atoms with Crippen molar-refractivity contribution in [1.29, 1.82) is 0 Å². The Morgan fingerprint density at radius 2 is 0.846 bits per heavy atom. The molecule has 0 aliphatic carbocycles. The third-order valence-electron chi connectivity index (χ3n) is 1.50. The third-order valence-corrected chi connectivity index (χ3v) is 1.50. The van der Waals surface area contributed by atoms with Crippen molar-refractivity contribution in [3.63, 3.8) is 0 Å². The fourth-order valence-electron chi connectivity index (χ4n) is 1.14. The minimum Gasteiger partial charge on any atom is -0.325 e. The molecule has 0 spiro atoms. The Morgan fingerprint density at radius 3 is 1.00 bits per heavy atom. The lowest BCUT2D eigenvalue weighted by Gasteiger charge is -2.23. The molecular formula is C9H24BN3. The highest BCUT2D eigenvalue weighted by molar-refractivity contribution is 6.50. The standard InChI is InChI=1S/C9H24BN3/c1-7(2)11-10(12-8(3)4)13-9(5)6/h7-9,11-13H,1-6H3. The SMILES string of the molecule is CC(C)NB(NC(C)C)NC(C)C. The summed E-state index contributed by atoms with van der Waals surface area (Å²) in [5.41, 5.74) is 0. The first kappa shape index (κ1) is 12.9. The molecular weight excluding hydrogens is 161 g/mol. The van der Waals surface area contributed by atoms with Crippen molar-refractivity contribution in [1.82, 2.24) is 15.7 Å². The predicted molar refractivity (Wildman–Crippen MR) is 60.6 cm³/mol. The van der Waals surface area contributed by atoms with Crippen molar-refractivity contribution < 1.29 is 0 Å². The molecule has 0 unspecified atom stereocenters. The van der Waals surface area contributed by atoms with Gasteiger partial charge in [-0.1, -0.05) is 41.5 Å². The maximum atomic E-state index is 3.42. The first-order chi connectivity index (χ1) is 5.91. The summed E-state index contributed by atoms with van der Waals surface area (Å²) in [6.07, 6.45) is 0. The van der Waals surface area contributed by atoms with E-state index in [1.807, 2.05) is 0 Å². The van der Waals surface area contributed by atoms with Gasteiger partial charge in [0.25, 0.3) is 0 Å². The highest BCUT2D eigenvalue weighted by Gasteiger charge is 2.17. The maximum absolute atomic E-state index is 3.42. The first-order valence-electron chi connectivity index (χ1n) is 5.20. The fraction of sp³-hybridized carbons (Fsp3) is 1.00. The summed E-state index contributed by atoms with van der Waals surface area (Å²) in [6.45, 7) is 12.9. The summed E-state index contributed by atoms with van der Waals surface area (Å²) in [4.78, 5) is 0. The Morgan fingerprint density at radius 1 is 0.615 bits per heavy atom. The van der Waals surface area contributed by atoms with E-state index in [-0.39, 0.29) is 7.12 Å². The number of rotatable bonds is 6. The Balaban J connectivity index is 3.87. The summed E-state index contributed by atoms with van der Waals surface area (Å²) < 4.78 is 0. The molecule has 0 radical (unpaired) electrons. The molecule has 0 saturated carbocycles. The normalized spacial score (nSPS) is 11.8. The van der Waals surface area contributed by atoms with E-state index in [0.717, 1.165) is 0 Å². The minimum atomic E-state index is 0.208. The van der Waals surface area contributed by atoms with Crippen LogP contribution in [0.15, 0.2) is 0 Å². The molecule has 0 aliphatic rings. The van der Waals surface area contributed by atoms with E-state index in [4.69, 9.17) is 0 Å². The van der Waals surface area contributed by atoms with Gasteiger partial charge in [-0.3, -0.25) is 0 Å². The van der Waals surface area contributed by atoms with Crippen molar-refractivity contribution in [3.8, 4) is 0 Å². The Kier molecular flexibility index (Phi) is 6.38. The lowest BCUT2D eigenvalue weighted by molar-refractivity contribution is 0.628. The molecule has 0 fully saturated rings. The average molecular weight is 185 g/mol. The predicted octanol–water partition coefficient (Wildman–Crippen LogP) is 0.965. The molecule has 13 heavy (non-hydrogen) atoms. The van der Waals surface area contributed by atoms with Gasteiger partial charge in [-0.15, -0.1) is 0 Å². The molecule has 0 rings (SSSR count). The molecule has 3 N–H and O–H groups in total. The Bertz CT molecular complexity index is 102. The van der Waals surface area contributed by atoms with Crippen molar-refractivity contribution in [2.45, 2.75) is 59.7 Å².